The zero-order chi connectivity index (χ0) is 22.5. The van der Waals surface area contributed by atoms with Gasteiger partial charge in [-0.2, -0.15) is 5.10 Å². The van der Waals surface area contributed by atoms with Crippen LogP contribution in [-0.2, 0) is 11.3 Å². The molecule has 2 heterocycles. The third-order valence-corrected chi connectivity index (χ3v) is 5.65. The maximum Gasteiger partial charge on any atom is 0.250 e. The van der Waals surface area contributed by atoms with Gasteiger partial charge in [0.25, 0.3) is 5.91 Å². The number of amides is 1. The molecule has 0 fully saturated rings. The van der Waals surface area contributed by atoms with Gasteiger partial charge in [-0.15, -0.1) is 0 Å². The lowest BCUT2D eigenvalue weighted by molar-refractivity contribution is -0.118. The highest BCUT2D eigenvalue weighted by atomic mass is 32.2. The normalized spacial score (nSPS) is 11.3. The van der Waals surface area contributed by atoms with Crippen LogP contribution in [0.25, 0.3) is 10.9 Å². The molecule has 8 heteroatoms. The second-order valence-corrected chi connectivity index (χ2v) is 8.28. The van der Waals surface area contributed by atoms with Crippen molar-refractivity contribution >= 4 is 34.8 Å². The Morgan fingerprint density at radius 3 is 2.62 bits per heavy atom. The Balaban J connectivity index is 1.44. The van der Waals surface area contributed by atoms with E-state index < -0.39 is 0 Å². The van der Waals surface area contributed by atoms with Crippen LogP contribution in [-0.4, -0.2) is 32.4 Å². The molecule has 4 aromatic rings. The summed E-state index contributed by atoms with van der Waals surface area (Å²) in [5.74, 6) is -0.322. The topological polar surface area (TPSA) is 72.2 Å². The largest absolute Gasteiger partial charge is 0.342 e. The lowest BCUT2D eigenvalue weighted by Crippen LogP contribution is -2.19. The first-order chi connectivity index (χ1) is 15.5. The molecular weight excluding hydrogens is 425 g/mol. The maximum absolute atomic E-state index is 14.1. The van der Waals surface area contributed by atoms with E-state index in [0.29, 0.717) is 17.3 Å². The number of rotatable bonds is 7. The van der Waals surface area contributed by atoms with Crippen molar-refractivity contribution in [2.45, 2.75) is 25.5 Å². The minimum atomic E-state index is -0.246. The standard InChI is InChI=1S/C24H22FN5OS/c1-16-11-17(2)28-24(27-16)32-15-23(31)29-26-12-19-14-30(22-10-6-4-8-20(19)22)13-18-7-3-5-9-21(18)25/h3-12,14H,13,15H2,1-2H3,(H,29,31)/b26-12+. The third kappa shape index (κ3) is 5.20. The Labute approximate surface area is 189 Å². The number of para-hydroxylation sites is 1. The molecule has 4 rings (SSSR count). The Morgan fingerprint density at radius 1 is 1.12 bits per heavy atom. The second kappa shape index (κ2) is 9.74. The number of benzene rings is 2. The van der Waals surface area contributed by atoms with Gasteiger partial charge < -0.3 is 4.57 Å². The molecule has 0 radical (unpaired) electrons. The van der Waals surface area contributed by atoms with E-state index in [4.69, 9.17) is 0 Å². The molecule has 0 aliphatic rings. The molecule has 1 amide bonds. The Hall–Kier alpha value is -3.52. The SMILES string of the molecule is Cc1cc(C)nc(SCC(=O)N/N=C/c2cn(Cc3ccccc3F)c3ccccc23)n1. The summed E-state index contributed by atoms with van der Waals surface area (Å²) in [5.41, 5.74) is 6.69. The van der Waals surface area contributed by atoms with E-state index >= 15 is 0 Å². The lowest BCUT2D eigenvalue weighted by atomic mass is 10.2. The van der Waals surface area contributed by atoms with Crippen molar-refractivity contribution in [1.29, 1.82) is 0 Å². The zero-order valence-corrected chi connectivity index (χ0v) is 18.6. The first-order valence-corrected chi connectivity index (χ1v) is 11.1. The summed E-state index contributed by atoms with van der Waals surface area (Å²) in [6.45, 7) is 4.19. The van der Waals surface area contributed by atoms with Crippen LogP contribution in [0.2, 0.25) is 0 Å². The molecule has 0 bridgehead atoms. The summed E-state index contributed by atoms with van der Waals surface area (Å²) in [6.07, 6.45) is 3.51. The average molecular weight is 448 g/mol. The predicted octanol–water partition coefficient (Wildman–Crippen LogP) is 4.48. The molecule has 0 saturated heterocycles. The third-order valence-electron chi connectivity index (χ3n) is 4.80. The molecule has 0 aliphatic heterocycles. The Morgan fingerprint density at radius 2 is 1.84 bits per heavy atom. The maximum atomic E-state index is 14.1. The van der Waals surface area contributed by atoms with Crippen LogP contribution in [0.3, 0.4) is 0 Å². The number of thioether (sulfide) groups is 1. The van der Waals surface area contributed by atoms with Crippen LogP contribution >= 0.6 is 11.8 Å². The molecule has 0 saturated carbocycles. The van der Waals surface area contributed by atoms with E-state index in [-0.39, 0.29) is 17.5 Å². The smallest absolute Gasteiger partial charge is 0.250 e. The highest BCUT2D eigenvalue weighted by Crippen LogP contribution is 2.22. The molecule has 2 aromatic heterocycles. The van der Waals surface area contributed by atoms with Crippen molar-refractivity contribution in [3.63, 3.8) is 0 Å². The van der Waals surface area contributed by atoms with Crippen molar-refractivity contribution in [2.24, 2.45) is 5.10 Å². The van der Waals surface area contributed by atoms with Crippen molar-refractivity contribution in [1.82, 2.24) is 20.0 Å². The van der Waals surface area contributed by atoms with Gasteiger partial charge in [0.05, 0.1) is 18.5 Å². The summed E-state index contributed by atoms with van der Waals surface area (Å²) >= 11 is 1.26. The van der Waals surface area contributed by atoms with Gasteiger partial charge in [-0.1, -0.05) is 48.2 Å². The predicted molar refractivity (Wildman–Crippen MR) is 125 cm³/mol. The Kier molecular flexibility index (Phi) is 6.61. The molecule has 0 spiro atoms. The summed E-state index contributed by atoms with van der Waals surface area (Å²) < 4.78 is 16.1. The highest BCUT2D eigenvalue weighted by Gasteiger charge is 2.10. The monoisotopic (exact) mass is 447 g/mol. The van der Waals surface area contributed by atoms with E-state index in [9.17, 15) is 9.18 Å². The summed E-state index contributed by atoms with van der Waals surface area (Å²) in [7, 11) is 0. The Bertz CT molecular complexity index is 1280. The van der Waals surface area contributed by atoms with Gasteiger partial charge in [0, 0.05) is 39.6 Å². The average Bonchev–Trinajstić information content (AvgIpc) is 3.11. The van der Waals surface area contributed by atoms with E-state index in [1.165, 1.54) is 17.8 Å². The summed E-state index contributed by atoms with van der Waals surface area (Å²) in [6, 6.07) is 16.4. The van der Waals surface area contributed by atoms with Gasteiger partial charge in [-0.25, -0.2) is 19.8 Å². The van der Waals surface area contributed by atoms with Gasteiger partial charge in [0.2, 0.25) is 0 Å². The van der Waals surface area contributed by atoms with Gasteiger partial charge in [0.15, 0.2) is 5.16 Å². The number of fused-ring (bicyclic) bond motifs is 1. The molecule has 1 N–H and O–H groups in total. The van der Waals surface area contributed by atoms with Crippen molar-refractivity contribution in [2.75, 3.05) is 5.75 Å². The lowest BCUT2D eigenvalue weighted by Gasteiger charge is -2.06. The number of carbonyl (C=O) groups is 1. The minimum Gasteiger partial charge on any atom is -0.342 e. The summed E-state index contributed by atoms with van der Waals surface area (Å²) in [4.78, 5) is 20.8. The fraction of sp³-hybridized carbons (Fsp3) is 0.167. The number of carbonyl (C=O) groups excluding carboxylic acids is 1. The van der Waals surface area contributed by atoms with Crippen molar-refractivity contribution in [3.8, 4) is 0 Å². The van der Waals surface area contributed by atoms with Crippen LogP contribution in [0.4, 0.5) is 4.39 Å². The van der Waals surface area contributed by atoms with Crippen LogP contribution in [0.15, 0.2) is 71.1 Å². The fourth-order valence-electron chi connectivity index (χ4n) is 3.41. The number of hydrogen-bond donors (Lipinski definition) is 1. The van der Waals surface area contributed by atoms with E-state index in [2.05, 4.69) is 20.5 Å². The minimum absolute atomic E-state index is 0.162. The molecule has 32 heavy (non-hydrogen) atoms. The first kappa shape index (κ1) is 21.7. The van der Waals surface area contributed by atoms with Crippen molar-refractivity contribution in [3.05, 3.63) is 89.1 Å². The summed E-state index contributed by atoms with van der Waals surface area (Å²) in [5, 5.41) is 5.65. The fourth-order valence-corrected chi connectivity index (χ4v) is 4.16. The van der Waals surface area contributed by atoms with Gasteiger partial charge in [-0.05, 0) is 32.0 Å². The van der Waals surface area contributed by atoms with E-state index in [1.807, 2.05) is 61.0 Å². The number of aryl methyl sites for hydroxylation is 2. The number of nitrogens with one attached hydrogen (secondary N) is 1. The van der Waals surface area contributed by atoms with Crippen LogP contribution in [0.5, 0.6) is 0 Å². The number of nitrogens with zero attached hydrogens (tertiary/aromatic N) is 4. The number of hydrogen-bond acceptors (Lipinski definition) is 5. The van der Waals surface area contributed by atoms with Crippen LogP contribution < -0.4 is 5.43 Å². The molecule has 6 nitrogen and oxygen atoms in total. The van der Waals surface area contributed by atoms with Gasteiger partial charge in [0.1, 0.15) is 5.82 Å². The van der Waals surface area contributed by atoms with Crippen molar-refractivity contribution < 1.29 is 9.18 Å². The quantitative estimate of drug-likeness (QED) is 0.196. The van der Waals surface area contributed by atoms with Gasteiger partial charge in [-0.3, -0.25) is 4.79 Å². The van der Waals surface area contributed by atoms with E-state index in [0.717, 1.165) is 27.9 Å². The van der Waals surface area contributed by atoms with E-state index in [1.54, 1.807) is 18.3 Å². The van der Waals surface area contributed by atoms with Crippen LogP contribution in [0.1, 0.15) is 22.5 Å². The molecular formula is C24H22FN5OS. The number of aromatic nitrogens is 3. The van der Waals surface area contributed by atoms with Crippen LogP contribution in [0, 0.1) is 19.7 Å². The molecule has 0 aliphatic carbocycles. The molecule has 0 atom stereocenters. The molecule has 2 aromatic carbocycles. The molecule has 0 unspecified atom stereocenters. The first-order valence-electron chi connectivity index (χ1n) is 10.1. The van der Waals surface area contributed by atoms with Gasteiger partial charge >= 0.3 is 0 Å². The second-order valence-electron chi connectivity index (χ2n) is 7.34. The number of halogens is 1. The zero-order valence-electron chi connectivity index (χ0n) is 17.7. The number of hydrazone groups is 1. The highest BCUT2D eigenvalue weighted by molar-refractivity contribution is 7.99. The molecule has 162 valence electrons.